The van der Waals surface area contributed by atoms with Crippen molar-refractivity contribution >= 4 is 17.6 Å². The van der Waals surface area contributed by atoms with Gasteiger partial charge in [0.2, 0.25) is 5.91 Å². The van der Waals surface area contributed by atoms with Crippen molar-refractivity contribution in [1.29, 1.82) is 0 Å². The Balaban J connectivity index is 1.84. The van der Waals surface area contributed by atoms with Gasteiger partial charge in [-0.2, -0.15) is 0 Å². The van der Waals surface area contributed by atoms with E-state index in [1.54, 1.807) is 0 Å². The highest BCUT2D eigenvalue weighted by molar-refractivity contribution is 5.91. The maximum absolute atomic E-state index is 13.2. The summed E-state index contributed by atoms with van der Waals surface area (Å²) in [5.41, 5.74) is 0.410. The highest BCUT2D eigenvalue weighted by Gasteiger charge is 2.27. The molecule has 1 aliphatic rings. The molecule has 0 bridgehead atoms. The van der Waals surface area contributed by atoms with E-state index in [-0.39, 0.29) is 29.6 Å². The number of hydrogen-bond donors (Lipinski definition) is 2. The number of nitrogens with one attached hydrogen (secondary N) is 2. The first kappa shape index (κ1) is 20.0. The largest absolute Gasteiger partial charge is 0.494 e. The molecule has 2 N–H and O–H groups in total. The monoisotopic (exact) mass is 365 g/mol. The minimum Gasteiger partial charge on any atom is -0.494 e. The molecule has 0 atom stereocenters. The zero-order chi connectivity index (χ0) is 19.1. The molecule has 0 radical (unpaired) electrons. The normalized spacial score (nSPS) is 15.0. The highest BCUT2D eigenvalue weighted by Crippen LogP contribution is 2.25. The molecule has 1 fully saturated rings. The molecule has 7 heteroatoms. The van der Waals surface area contributed by atoms with Gasteiger partial charge in [-0.3, -0.25) is 4.79 Å². The Morgan fingerprint density at radius 3 is 2.50 bits per heavy atom. The molecule has 1 aromatic rings. The molecule has 0 aliphatic carbocycles. The van der Waals surface area contributed by atoms with Gasteiger partial charge in [0.25, 0.3) is 0 Å². The second kappa shape index (κ2) is 9.40. The predicted octanol–water partition coefficient (Wildman–Crippen LogP) is 3.38. The van der Waals surface area contributed by atoms with Gasteiger partial charge < -0.3 is 20.3 Å². The number of amides is 3. The molecule has 3 amide bonds. The van der Waals surface area contributed by atoms with Crippen LogP contribution in [-0.2, 0) is 4.79 Å². The fourth-order valence-corrected chi connectivity index (χ4v) is 3.25. The van der Waals surface area contributed by atoms with Crippen molar-refractivity contribution in [2.75, 3.05) is 25.5 Å². The van der Waals surface area contributed by atoms with E-state index in [2.05, 4.69) is 10.6 Å². The number of methoxy groups -OCH3 is 1. The first-order valence-corrected chi connectivity index (χ1v) is 9.18. The van der Waals surface area contributed by atoms with E-state index in [9.17, 15) is 14.0 Å². The van der Waals surface area contributed by atoms with Crippen molar-refractivity contribution in [2.24, 2.45) is 5.92 Å². The number of carbonyl (C=O) groups excluding carboxylic acids is 2. The molecule has 6 nitrogen and oxygen atoms in total. The number of piperidine rings is 1. The second-order valence-electron chi connectivity index (χ2n) is 6.56. The molecule has 1 saturated heterocycles. The minimum atomic E-state index is -0.428. The molecule has 0 saturated carbocycles. The van der Waals surface area contributed by atoms with Crippen molar-refractivity contribution in [3.63, 3.8) is 0 Å². The van der Waals surface area contributed by atoms with Crippen LogP contribution in [0.25, 0.3) is 0 Å². The lowest BCUT2D eigenvalue weighted by atomic mass is 9.98. The Morgan fingerprint density at radius 1 is 1.27 bits per heavy atom. The number of rotatable bonds is 6. The third-order valence-corrected chi connectivity index (χ3v) is 4.89. The fraction of sp³-hybridized carbons (Fsp3) is 0.579. The van der Waals surface area contributed by atoms with Crippen molar-refractivity contribution in [2.45, 2.75) is 45.6 Å². The number of carbonyl (C=O) groups is 2. The van der Waals surface area contributed by atoms with Crippen LogP contribution in [0.1, 0.15) is 39.5 Å². The van der Waals surface area contributed by atoms with Crippen LogP contribution in [0.5, 0.6) is 5.75 Å². The molecular formula is C19H28FN3O3. The summed E-state index contributed by atoms with van der Waals surface area (Å²) in [7, 11) is 1.42. The molecule has 1 aliphatic heterocycles. The highest BCUT2D eigenvalue weighted by atomic mass is 19.1. The molecular weight excluding hydrogens is 337 g/mol. The van der Waals surface area contributed by atoms with Crippen molar-refractivity contribution < 1.29 is 18.7 Å². The topological polar surface area (TPSA) is 70.7 Å². The zero-order valence-corrected chi connectivity index (χ0v) is 15.7. The number of anilines is 1. The van der Waals surface area contributed by atoms with E-state index in [0.29, 0.717) is 18.8 Å². The van der Waals surface area contributed by atoms with Crippen LogP contribution < -0.4 is 15.4 Å². The maximum atomic E-state index is 13.2. The number of likely N-dealkylation sites (tertiary alicyclic amines) is 1. The lowest BCUT2D eigenvalue weighted by Crippen LogP contribution is -2.48. The quantitative estimate of drug-likeness (QED) is 0.812. The van der Waals surface area contributed by atoms with Gasteiger partial charge >= 0.3 is 6.03 Å². The van der Waals surface area contributed by atoms with Crippen LogP contribution >= 0.6 is 0 Å². The number of hydrogen-bond acceptors (Lipinski definition) is 3. The van der Waals surface area contributed by atoms with Crippen LogP contribution in [0.15, 0.2) is 18.2 Å². The first-order valence-electron chi connectivity index (χ1n) is 9.18. The van der Waals surface area contributed by atoms with Gasteiger partial charge in [0.1, 0.15) is 11.6 Å². The Bertz CT molecular complexity index is 626. The number of urea groups is 1. The average Bonchev–Trinajstić information content (AvgIpc) is 2.64. The Hall–Kier alpha value is -2.31. The predicted molar refractivity (Wildman–Crippen MR) is 98.8 cm³/mol. The van der Waals surface area contributed by atoms with E-state index < -0.39 is 5.82 Å². The summed E-state index contributed by atoms with van der Waals surface area (Å²) >= 11 is 0. The summed E-state index contributed by atoms with van der Waals surface area (Å²) in [6.07, 6.45) is 3.16. The van der Waals surface area contributed by atoms with Crippen molar-refractivity contribution in [1.82, 2.24) is 10.2 Å². The van der Waals surface area contributed by atoms with Gasteiger partial charge in [0.05, 0.1) is 12.8 Å². The lowest BCUT2D eigenvalue weighted by Gasteiger charge is -2.34. The van der Waals surface area contributed by atoms with Gasteiger partial charge in [-0.1, -0.05) is 13.8 Å². The smallest absolute Gasteiger partial charge is 0.319 e. The molecule has 0 aromatic heterocycles. The summed E-state index contributed by atoms with van der Waals surface area (Å²) in [5.74, 6) is 0.149. The van der Waals surface area contributed by atoms with Crippen molar-refractivity contribution in [3.05, 3.63) is 24.0 Å². The lowest BCUT2D eigenvalue weighted by molar-refractivity contribution is -0.136. The number of nitrogens with zero attached hydrogens (tertiary/aromatic N) is 1. The van der Waals surface area contributed by atoms with Gasteiger partial charge in [0, 0.05) is 31.1 Å². The van der Waals surface area contributed by atoms with Gasteiger partial charge in [-0.25, -0.2) is 9.18 Å². The van der Waals surface area contributed by atoms with E-state index in [0.717, 1.165) is 25.7 Å². The van der Waals surface area contributed by atoms with E-state index >= 15 is 0 Å². The van der Waals surface area contributed by atoms with Crippen LogP contribution in [0.3, 0.4) is 0 Å². The first-order chi connectivity index (χ1) is 12.5. The van der Waals surface area contributed by atoms with Gasteiger partial charge in [-0.05, 0) is 37.8 Å². The third-order valence-electron chi connectivity index (χ3n) is 4.89. The number of benzene rings is 1. The fourth-order valence-electron chi connectivity index (χ4n) is 3.25. The SMILES string of the molecule is CCC(CC)C(=O)N1CCC(NC(=O)Nc2ccc(F)cc2OC)CC1. The summed E-state index contributed by atoms with van der Waals surface area (Å²) < 4.78 is 18.3. The molecule has 1 heterocycles. The van der Waals surface area contributed by atoms with Crippen LogP contribution in [0.4, 0.5) is 14.9 Å². The van der Waals surface area contributed by atoms with E-state index in [1.807, 2.05) is 18.7 Å². The number of ether oxygens (including phenoxy) is 1. The van der Waals surface area contributed by atoms with Gasteiger partial charge in [0.15, 0.2) is 0 Å². The van der Waals surface area contributed by atoms with Crippen LogP contribution in [0.2, 0.25) is 0 Å². The molecule has 144 valence electrons. The standard InChI is InChI=1S/C19H28FN3O3/c1-4-13(5-2)18(24)23-10-8-15(9-11-23)21-19(25)22-16-7-6-14(20)12-17(16)26-3/h6-7,12-13,15H,4-5,8-11H2,1-3H3,(H2,21,22,25). The maximum Gasteiger partial charge on any atom is 0.319 e. The molecule has 0 spiro atoms. The Labute approximate surface area is 154 Å². The molecule has 1 aromatic carbocycles. The summed E-state index contributed by atoms with van der Waals surface area (Å²) in [4.78, 5) is 26.5. The summed E-state index contributed by atoms with van der Waals surface area (Å²) in [6, 6.07) is 3.59. The molecule has 26 heavy (non-hydrogen) atoms. The van der Waals surface area contributed by atoms with E-state index in [1.165, 1.54) is 25.3 Å². The third kappa shape index (κ3) is 5.09. The minimum absolute atomic E-state index is 0.00666. The molecule has 2 rings (SSSR count). The van der Waals surface area contributed by atoms with E-state index in [4.69, 9.17) is 4.74 Å². The van der Waals surface area contributed by atoms with Crippen LogP contribution in [0, 0.1) is 11.7 Å². The van der Waals surface area contributed by atoms with Gasteiger partial charge in [-0.15, -0.1) is 0 Å². The molecule has 0 unspecified atom stereocenters. The summed E-state index contributed by atoms with van der Waals surface area (Å²) in [5, 5.41) is 5.60. The van der Waals surface area contributed by atoms with Crippen LogP contribution in [-0.4, -0.2) is 43.1 Å². The average molecular weight is 365 g/mol. The number of halogens is 1. The van der Waals surface area contributed by atoms with Crippen molar-refractivity contribution in [3.8, 4) is 5.75 Å². The Kier molecular flexibility index (Phi) is 7.24. The summed E-state index contributed by atoms with van der Waals surface area (Å²) in [6.45, 7) is 5.38. The zero-order valence-electron chi connectivity index (χ0n) is 15.7. The Morgan fingerprint density at radius 2 is 1.92 bits per heavy atom. The second-order valence-corrected chi connectivity index (χ2v) is 6.56.